The van der Waals surface area contributed by atoms with Crippen LogP contribution in [-0.2, 0) is 14.3 Å². The molecule has 0 aromatic heterocycles. The zero-order chi connectivity index (χ0) is 30.9. The lowest BCUT2D eigenvalue weighted by atomic mass is 9.32. The van der Waals surface area contributed by atoms with Gasteiger partial charge in [0.2, 0.25) is 0 Å². The SMILES string of the molecule is C[C@H](C[C@@H](O)[C@@H]1OC1(C)C)C1=C2CC[C@H]3[C@@]4(C)C[C@H](c5cccc(O)c5)C(=O)C(C)(C)[C@@H]4CC[C@]34CCC[C@H](C1=O)[C@@]24C. The first-order valence-corrected chi connectivity index (χ1v) is 17.1. The number of hydrogen-bond acceptors (Lipinski definition) is 5. The van der Waals surface area contributed by atoms with Gasteiger partial charge >= 0.3 is 0 Å². The molecule has 234 valence electrons. The highest BCUT2D eigenvalue weighted by molar-refractivity contribution is 6.02. The van der Waals surface area contributed by atoms with Crippen LogP contribution in [-0.4, -0.2) is 39.6 Å². The topological polar surface area (TPSA) is 87.1 Å². The van der Waals surface area contributed by atoms with Crippen LogP contribution in [0.1, 0.15) is 118 Å². The Balaban J connectivity index is 1.28. The molecule has 1 aromatic carbocycles. The number of epoxide rings is 1. The molecular formula is C38H52O5. The van der Waals surface area contributed by atoms with Crippen LogP contribution in [0.4, 0.5) is 0 Å². The molecule has 0 amide bonds. The molecule has 5 nitrogen and oxygen atoms in total. The molecule has 1 aromatic rings. The summed E-state index contributed by atoms with van der Waals surface area (Å²) < 4.78 is 5.77. The molecule has 43 heavy (non-hydrogen) atoms. The smallest absolute Gasteiger partial charge is 0.163 e. The predicted octanol–water partition coefficient (Wildman–Crippen LogP) is 7.54. The maximum absolute atomic E-state index is 14.4. The monoisotopic (exact) mass is 588 g/mol. The molecule has 6 aliphatic rings. The van der Waals surface area contributed by atoms with Crippen LogP contribution in [0.2, 0.25) is 0 Å². The van der Waals surface area contributed by atoms with Gasteiger partial charge in [0.15, 0.2) is 5.78 Å². The van der Waals surface area contributed by atoms with Crippen molar-refractivity contribution in [1.82, 2.24) is 0 Å². The first kappa shape index (κ1) is 29.7. The minimum absolute atomic E-state index is 0.0156. The van der Waals surface area contributed by atoms with E-state index in [0.29, 0.717) is 29.8 Å². The van der Waals surface area contributed by atoms with E-state index in [0.717, 1.165) is 62.5 Å². The standard InChI is InChI=1S/C38H52O5/c1-21(18-27(40)33-35(4,5)43-33)30-25-13-14-29-36(6)20-24(22-10-8-11-23(39)19-22)32(42)34(2,3)28(36)15-17-38(29)16-9-12-26(31(30)41)37(25,38)7/h8,10-11,19,21,24,26-29,33,39-40H,9,12-18,20H2,1-7H3/t21-,24-,26-,27-,28+,29+,33+,36+,37-,38-/m1/s1. The molecule has 4 saturated carbocycles. The number of phenols is 1. The van der Waals surface area contributed by atoms with Gasteiger partial charge in [-0.25, -0.2) is 0 Å². The largest absolute Gasteiger partial charge is 0.508 e. The van der Waals surface area contributed by atoms with Crippen molar-refractivity contribution in [3.8, 4) is 5.75 Å². The molecule has 5 heteroatoms. The van der Waals surface area contributed by atoms with Gasteiger partial charge in [-0.15, -0.1) is 0 Å². The third-order valence-electron chi connectivity index (χ3n) is 14.4. The summed E-state index contributed by atoms with van der Waals surface area (Å²) in [6.07, 6.45) is 8.00. The normalized spacial score (nSPS) is 43.9. The molecule has 0 unspecified atom stereocenters. The number of Topliss-reactive ketones (excluding diaryl/α,β-unsaturated/α-hetero) is 2. The van der Waals surface area contributed by atoms with Crippen LogP contribution in [0.3, 0.4) is 0 Å². The van der Waals surface area contributed by atoms with Crippen molar-refractivity contribution >= 4 is 11.6 Å². The van der Waals surface area contributed by atoms with Gasteiger partial charge in [-0.05, 0) is 117 Å². The van der Waals surface area contributed by atoms with Crippen molar-refractivity contribution in [1.29, 1.82) is 0 Å². The second kappa shape index (κ2) is 9.28. The van der Waals surface area contributed by atoms with Crippen LogP contribution in [0.25, 0.3) is 0 Å². The minimum atomic E-state index is -0.558. The van der Waals surface area contributed by atoms with Crippen LogP contribution in [0.15, 0.2) is 35.4 Å². The van der Waals surface area contributed by atoms with Gasteiger partial charge in [0.1, 0.15) is 17.6 Å². The molecule has 5 aliphatic carbocycles. The number of carbonyl (C=O) groups excluding carboxylic acids is 2. The highest BCUT2D eigenvalue weighted by atomic mass is 16.6. The number of carbonyl (C=O) groups is 2. The number of fused-ring (bicyclic) bond motifs is 2. The van der Waals surface area contributed by atoms with Crippen molar-refractivity contribution in [3.63, 3.8) is 0 Å². The number of benzene rings is 1. The number of ketones is 2. The van der Waals surface area contributed by atoms with Gasteiger partial charge in [-0.1, -0.05) is 58.7 Å². The highest BCUT2D eigenvalue weighted by Gasteiger charge is 2.73. The minimum Gasteiger partial charge on any atom is -0.508 e. The van der Waals surface area contributed by atoms with Crippen LogP contribution >= 0.6 is 0 Å². The molecule has 1 spiro atoms. The van der Waals surface area contributed by atoms with Crippen LogP contribution < -0.4 is 0 Å². The van der Waals surface area contributed by atoms with Gasteiger partial charge in [0.25, 0.3) is 0 Å². The fourth-order valence-corrected chi connectivity index (χ4v) is 12.6. The molecule has 10 atom stereocenters. The Morgan fingerprint density at radius 1 is 1.00 bits per heavy atom. The van der Waals surface area contributed by atoms with Crippen LogP contribution in [0, 0.1) is 45.3 Å². The van der Waals surface area contributed by atoms with Gasteiger partial charge in [-0.3, -0.25) is 9.59 Å². The van der Waals surface area contributed by atoms with E-state index in [-0.39, 0.29) is 51.5 Å². The third kappa shape index (κ3) is 3.82. The van der Waals surface area contributed by atoms with E-state index in [9.17, 15) is 19.8 Å². The Labute approximate surface area is 257 Å². The summed E-state index contributed by atoms with van der Waals surface area (Å²) in [6, 6.07) is 7.37. The van der Waals surface area contributed by atoms with Gasteiger partial charge in [-0.2, -0.15) is 0 Å². The highest BCUT2D eigenvalue weighted by Crippen LogP contribution is 2.78. The molecule has 7 rings (SSSR count). The Kier molecular flexibility index (Phi) is 6.41. The molecule has 1 heterocycles. The maximum Gasteiger partial charge on any atom is 0.163 e. The number of ether oxygens (including phenoxy) is 1. The summed E-state index contributed by atoms with van der Waals surface area (Å²) in [5, 5.41) is 21.4. The third-order valence-corrected chi connectivity index (χ3v) is 14.4. The molecule has 5 fully saturated rings. The van der Waals surface area contributed by atoms with Crippen molar-refractivity contribution in [2.75, 3.05) is 0 Å². The first-order valence-electron chi connectivity index (χ1n) is 17.1. The first-order chi connectivity index (χ1) is 20.1. The van der Waals surface area contributed by atoms with Gasteiger partial charge < -0.3 is 14.9 Å². The summed E-state index contributed by atoms with van der Waals surface area (Å²) in [7, 11) is 0. The molecular weight excluding hydrogens is 536 g/mol. The fraction of sp³-hybridized carbons (Fsp3) is 0.737. The molecule has 1 saturated heterocycles. The lowest BCUT2D eigenvalue weighted by molar-refractivity contribution is -0.206. The van der Waals surface area contributed by atoms with Crippen molar-refractivity contribution in [3.05, 3.63) is 41.0 Å². The van der Waals surface area contributed by atoms with Gasteiger partial charge in [0.05, 0.1) is 11.7 Å². The predicted molar refractivity (Wildman–Crippen MR) is 166 cm³/mol. The van der Waals surface area contributed by atoms with Crippen LogP contribution in [0.5, 0.6) is 5.75 Å². The van der Waals surface area contributed by atoms with Crippen molar-refractivity contribution in [2.24, 2.45) is 45.3 Å². The summed E-state index contributed by atoms with van der Waals surface area (Å²) in [5.74, 6) is 1.46. The lowest BCUT2D eigenvalue weighted by Gasteiger charge is -2.71. The summed E-state index contributed by atoms with van der Waals surface area (Å²) in [5.41, 5.74) is 2.51. The lowest BCUT2D eigenvalue weighted by Crippen LogP contribution is -2.66. The quantitative estimate of drug-likeness (QED) is 0.347. The number of phenolic OH excluding ortho intramolecular Hbond substituents is 1. The average molecular weight is 589 g/mol. The second-order valence-electron chi connectivity index (χ2n) is 17.0. The van der Waals surface area contributed by atoms with Gasteiger partial charge in [0, 0.05) is 22.7 Å². The van der Waals surface area contributed by atoms with E-state index < -0.39 is 11.5 Å². The Morgan fingerprint density at radius 2 is 1.72 bits per heavy atom. The number of aliphatic hydroxyl groups is 1. The zero-order valence-corrected chi connectivity index (χ0v) is 27.3. The van der Waals surface area contributed by atoms with Crippen molar-refractivity contribution < 1.29 is 24.5 Å². The number of allylic oxidation sites excluding steroid dienone is 2. The Morgan fingerprint density at radius 3 is 2.40 bits per heavy atom. The molecule has 1 aliphatic heterocycles. The molecule has 2 N–H and O–H groups in total. The number of aromatic hydroxyl groups is 1. The fourth-order valence-electron chi connectivity index (χ4n) is 12.6. The summed E-state index contributed by atoms with van der Waals surface area (Å²) >= 11 is 0. The van der Waals surface area contributed by atoms with E-state index in [2.05, 4.69) is 34.6 Å². The second-order valence-corrected chi connectivity index (χ2v) is 17.0. The average Bonchev–Trinajstić information content (AvgIpc) is 3.51. The number of hydrogen-bond donors (Lipinski definition) is 2. The van der Waals surface area contributed by atoms with E-state index in [1.807, 2.05) is 26.0 Å². The zero-order valence-electron chi connectivity index (χ0n) is 27.3. The molecule has 0 radical (unpaired) electrons. The van der Waals surface area contributed by atoms with E-state index in [1.54, 1.807) is 12.1 Å². The number of aliphatic hydroxyl groups excluding tert-OH is 1. The number of rotatable bonds is 5. The molecule has 0 bridgehead atoms. The maximum atomic E-state index is 14.4. The summed E-state index contributed by atoms with van der Waals surface area (Å²) in [6.45, 7) is 15.5. The van der Waals surface area contributed by atoms with E-state index in [1.165, 1.54) is 5.57 Å². The van der Waals surface area contributed by atoms with E-state index >= 15 is 0 Å². The van der Waals surface area contributed by atoms with Crippen molar-refractivity contribution in [2.45, 2.75) is 130 Å². The Hall–Kier alpha value is -1.98. The van der Waals surface area contributed by atoms with E-state index in [4.69, 9.17) is 4.74 Å². The Bertz CT molecular complexity index is 1400. The summed E-state index contributed by atoms with van der Waals surface area (Å²) in [4.78, 5) is 28.6.